The first kappa shape index (κ1) is 32.4. The summed E-state index contributed by atoms with van der Waals surface area (Å²) in [7, 11) is 0. The van der Waals surface area contributed by atoms with Crippen LogP contribution in [-0.2, 0) is 0 Å². The lowest BCUT2D eigenvalue weighted by Gasteiger charge is -1.94. The smallest absolute Gasteiger partial charge is 0.335 e. The van der Waals surface area contributed by atoms with Gasteiger partial charge >= 0.3 is 11.9 Å². The van der Waals surface area contributed by atoms with Crippen molar-refractivity contribution in [2.24, 2.45) is 0 Å². The molecule has 0 aliphatic carbocycles. The maximum Gasteiger partial charge on any atom is 0.335 e. The molecule has 2 aromatic rings. The van der Waals surface area contributed by atoms with Gasteiger partial charge in [0.1, 0.15) is 0 Å². The highest BCUT2D eigenvalue weighted by molar-refractivity contribution is 5.91. The number of nitriles is 1. The quantitative estimate of drug-likeness (QED) is 0.399. The zero-order valence-corrected chi connectivity index (χ0v) is 17.8. The number of rotatable bonds is 5. The average molecular weight is 440 g/mol. The maximum absolute atomic E-state index is 10.3. The van der Waals surface area contributed by atoms with Crippen molar-refractivity contribution in [1.82, 2.24) is 0 Å². The summed E-state index contributed by atoms with van der Waals surface area (Å²) in [6.07, 6.45) is 6.29. The minimum atomic E-state index is -1.06. The summed E-state index contributed by atoms with van der Waals surface area (Å²) in [6, 6.07) is 16.7. The van der Waals surface area contributed by atoms with Gasteiger partial charge in [0.25, 0.3) is 0 Å². The number of nitrogens with zero attached hydrogens (tertiary/aromatic N) is 1. The van der Waals surface area contributed by atoms with Gasteiger partial charge in [-0.2, -0.15) is 5.26 Å². The normalized spacial score (nSPS) is 7.66. The van der Waals surface area contributed by atoms with E-state index in [2.05, 4.69) is 26.3 Å². The molecule has 7 heteroatoms. The third-order valence-electron chi connectivity index (χ3n) is 2.77. The molecule has 0 aliphatic heterocycles. The molecule has 0 heterocycles. The van der Waals surface area contributed by atoms with E-state index in [0.717, 1.165) is 0 Å². The first-order chi connectivity index (χ1) is 15.3. The number of hydrogen-bond acceptors (Lipinski definition) is 5. The van der Waals surface area contributed by atoms with Gasteiger partial charge in [0.2, 0.25) is 0 Å². The largest absolute Gasteiger partial charge is 0.478 e. The summed E-state index contributed by atoms with van der Waals surface area (Å²) in [5.41, 5.74) is 1.34. The highest BCUT2D eigenvalue weighted by atomic mass is 16.4. The number of aliphatic hydroxyl groups is 2. The standard InChI is InChI=1S/C8H6O4.C8H8.C4H6.C3H3N.C2H6O2/c9-7(10)5-1-2-6(4-3-5)8(11)12;1-2-8-6-4-3-5-7-8;1-3-4-2;1-2-3-4;3-1-2-4/h1-4H,(H,9,10)(H,11,12);2-7H,1H2;3-4H,1-2H2;2H,1H2;3-4H,1-2H2. The van der Waals surface area contributed by atoms with Gasteiger partial charge in [-0.05, 0) is 29.8 Å². The van der Waals surface area contributed by atoms with Crippen LogP contribution in [0.25, 0.3) is 6.08 Å². The first-order valence-electron chi connectivity index (χ1n) is 8.99. The fourth-order valence-corrected chi connectivity index (χ4v) is 1.34. The van der Waals surface area contributed by atoms with E-state index in [0.29, 0.717) is 0 Å². The Hall–Kier alpha value is -4.25. The summed E-state index contributed by atoms with van der Waals surface area (Å²) >= 11 is 0. The van der Waals surface area contributed by atoms with Crippen LogP contribution in [0.5, 0.6) is 0 Å². The van der Waals surface area contributed by atoms with Gasteiger partial charge in [-0.3, -0.25) is 0 Å². The Morgan fingerprint density at radius 3 is 1.28 bits per heavy atom. The Labute approximate surface area is 188 Å². The summed E-state index contributed by atoms with van der Waals surface area (Å²) in [5.74, 6) is -2.13. The van der Waals surface area contributed by atoms with Gasteiger partial charge in [0, 0.05) is 6.08 Å². The molecule has 0 saturated heterocycles. The third-order valence-corrected chi connectivity index (χ3v) is 2.77. The molecule has 0 atom stereocenters. The number of benzene rings is 2. The van der Waals surface area contributed by atoms with Crippen LogP contribution in [0.3, 0.4) is 0 Å². The average Bonchev–Trinajstić information content (AvgIpc) is 2.85. The molecule has 0 bridgehead atoms. The van der Waals surface area contributed by atoms with Crippen LogP contribution in [0.1, 0.15) is 26.3 Å². The summed E-state index contributed by atoms with van der Waals surface area (Å²) in [4.78, 5) is 20.7. The van der Waals surface area contributed by atoms with Crippen LogP contribution in [0, 0.1) is 11.3 Å². The SMILES string of the molecule is C=CC#N.C=CC=C.C=Cc1ccccc1.O=C(O)c1ccc(C(=O)O)cc1.OCCO. The molecule has 0 aromatic heterocycles. The Kier molecular flexibility index (Phi) is 25.1. The zero-order valence-electron chi connectivity index (χ0n) is 17.8. The van der Waals surface area contributed by atoms with Crippen molar-refractivity contribution in [3.05, 3.63) is 116 Å². The minimum absolute atomic E-state index is 0.0833. The van der Waals surface area contributed by atoms with Gasteiger partial charge in [0.15, 0.2) is 0 Å². The molecule has 170 valence electrons. The molecule has 7 nitrogen and oxygen atoms in total. The molecule has 0 aliphatic rings. The first-order valence-corrected chi connectivity index (χ1v) is 8.99. The lowest BCUT2D eigenvalue weighted by atomic mass is 10.1. The molecule has 32 heavy (non-hydrogen) atoms. The monoisotopic (exact) mass is 439 g/mol. The Bertz CT molecular complexity index is 796. The number of aliphatic hydroxyl groups excluding tert-OH is 2. The number of carboxylic acids is 2. The summed E-state index contributed by atoms with van der Waals surface area (Å²) in [5, 5.41) is 39.7. The predicted molar refractivity (Wildman–Crippen MR) is 127 cm³/mol. The van der Waals surface area contributed by atoms with Gasteiger partial charge < -0.3 is 20.4 Å². The van der Waals surface area contributed by atoms with Crippen LogP contribution < -0.4 is 0 Å². The van der Waals surface area contributed by atoms with Crippen molar-refractivity contribution in [3.8, 4) is 6.07 Å². The minimum Gasteiger partial charge on any atom is -0.478 e. The summed E-state index contributed by atoms with van der Waals surface area (Å²) < 4.78 is 0. The van der Waals surface area contributed by atoms with Crippen LogP contribution in [0.2, 0.25) is 0 Å². The lowest BCUT2D eigenvalue weighted by molar-refractivity contribution is 0.0681. The van der Waals surface area contributed by atoms with E-state index < -0.39 is 11.9 Å². The molecular weight excluding hydrogens is 410 g/mol. The molecule has 0 spiro atoms. The fraction of sp³-hybridized carbons (Fsp3) is 0.0800. The molecule has 2 rings (SSSR count). The van der Waals surface area contributed by atoms with Crippen LogP contribution >= 0.6 is 0 Å². The highest BCUT2D eigenvalue weighted by Gasteiger charge is 2.04. The van der Waals surface area contributed by atoms with E-state index in [9.17, 15) is 9.59 Å². The van der Waals surface area contributed by atoms with E-state index in [-0.39, 0.29) is 24.3 Å². The van der Waals surface area contributed by atoms with Gasteiger partial charge in [-0.25, -0.2) is 9.59 Å². The molecule has 0 saturated carbocycles. The van der Waals surface area contributed by atoms with Crippen molar-refractivity contribution in [1.29, 1.82) is 5.26 Å². The number of carbonyl (C=O) groups is 2. The third kappa shape index (κ3) is 22.0. The van der Waals surface area contributed by atoms with Crippen LogP contribution in [0.15, 0.2) is 99.1 Å². The molecule has 0 radical (unpaired) electrons. The number of carboxylic acid groups (broad SMARTS) is 2. The Balaban J connectivity index is -0.000000364. The molecule has 0 unspecified atom stereocenters. The zero-order chi connectivity index (χ0) is 25.2. The van der Waals surface area contributed by atoms with E-state index in [1.807, 2.05) is 36.4 Å². The van der Waals surface area contributed by atoms with Crippen molar-refractivity contribution < 1.29 is 30.0 Å². The molecular formula is C25H29NO6. The second kappa shape index (κ2) is 24.8. The number of allylic oxidation sites excluding steroid dienone is 3. The predicted octanol–water partition coefficient (Wildman–Crippen LogP) is 4.44. The Morgan fingerprint density at radius 2 is 1.12 bits per heavy atom. The molecule has 0 fully saturated rings. The Morgan fingerprint density at radius 1 is 0.781 bits per heavy atom. The van der Waals surface area contributed by atoms with Crippen molar-refractivity contribution in [2.75, 3.05) is 13.2 Å². The molecule has 4 N–H and O–H groups in total. The van der Waals surface area contributed by atoms with E-state index >= 15 is 0 Å². The molecule has 0 amide bonds. The van der Waals surface area contributed by atoms with Crippen molar-refractivity contribution in [2.45, 2.75) is 0 Å². The van der Waals surface area contributed by atoms with E-state index in [4.69, 9.17) is 25.7 Å². The van der Waals surface area contributed by atoms with Gasteiger partial charge in [0.05, 0.1) is 30.4 Å². The van der Waals surface area contributed by atoms with E-state index in [1.54, 1.807) is 18.2 Å². The van der Waals surface area contributed by atoms with Crippen molar-refractivity contribution >= 4 is 18.0 Å². The van der Waals surface area contributed by atoms with Crippen LogP contribution in [0.4, 0.5) is 0 Å². The van der Waals surface area contributed by atoms with Crippen molar-refractivity contribution in [3.63, 3.8) is 0 Å². The van der Waals surface area contributed by atoms with Gasteiger partial charge in [-0.1, -0.05) is 74.9 Å². The maximum atomic E-state index is 10.3. The molecule has 2 aromatic carbocycles. The van der Waals surface area contributed by atoms with Crippen LogP contribution in [-0.4, -0.2) is 45.6 Å². The topological polar surface area (TPSA) is 139 Å². The lowest BCUT2D eigenvalue weighted by Crippen LogP contribution is -1.99. The van der Waals surface area contributed by atoms with E-state index in [1.165, 1.54) is 35.9 Å². The second-order valence-electron chi connectivity index (χ2n) is 5.05. The van der Waals surface area contributed by atoms with Gasteiger partial charge in [-0.15, -0.1) is 0 Å². The number of hydrogen-bond donors (Lipinski definition) is 4. The fourth-order valence-electron chi connectivity index (χ4n) is 1.34. The number of aromatic carboxylic acids is 2. The summed E-state index contributed by atoms with van der Waals surface area (Å²) in [6.45, 7) is 13.2. The second-order valence-corrected chi connectivity index (χ2v) is 5.05. The highest BCUT2D eigenvalue weighted by Crippen LogP contribution is 2.03.